The fourth-order valence-electron chi connectivity index (χ4n) is 4.53. The Balaban J connectivity index is 1.34. The lowest BCUT2D eigenvalue weighted by atomic mass is 9.87. The topological polar surface area (TPSA) is 55.7 Å². The van der Waals surface area contributed by atoms with Gasteiger partial charge in [-0.05, 0) is 18.2 Å². The van der Waals surface area contributed by atoms with E-state index < -0.39 is 0 Å². The first kappa shape index (κ1) is 14.5. The molecule has 126 valence electrons. The molecule has 0 unspecified atom stereocenters. The average Bonchev–Trinajstić information content (AvgIpc) is 3.29. The van der Waals surface area contributed by atoms with Crippen LogP contribution in [0.15, 0.2) is 23.2 Å². The largest absolute Gasteiger partial charge is 0.497 e. The van der Waals surface area contributed by atoms with E-state index in [9.17, 15) is 0 Å². The minimum absolute atomic E-state index is 0.0881. The van der Waals surface area contributed by atoms with Gasteiger partial charge in [-0.3, -0.25) is 5.32 Å². The lowest BCUT2D eigenvalue weighted by molar-refractivity contribution is -0.892. The van der Waals surface area contributed by atoms with Crippen molar-refractivity contribution in [1.29, 1.82) is 0 Å². The normalized spacial score (nSPS) is 33.9. The Kier molecular flexibility index (Phi) is 2.91. The first-order chi connectivity index (χ1) is 11.6. The third-order valence-corrected chi connectivity index (χ3v) is 6.61. The van der Waals surface area contributed by atoms with Gasteiger partial charge < -0.3 is 14.0 Å². The van der Waals surface area contributed by atoms with Crippen molar-refractivity contribution in [2.24, 2.45) is 10.9 Å². The summed E-state index contributed by atoms with van der Waals surface area (Å²) >= 11 is 1.59. The number of ether oxygens (including phenoxy) is 2. The molecule has 0 saturated carbocycles. The number of hydrogen-bond acceptors (Lipinski definition) is 6. The highest BCUT2D eigenvalue weighted by Gasteiger charge is 2.62. The number of nitrogens with zero attached hydrogens (tertiary/aromatic N) is 3. The second kappa shape index (κ2) is 4.83. The maximum absolute atomic E-state index is 6.32. The van der Waals surface area contributed by atoms with Crippen molar-refractivity contribution >= 4 is 32.7 Å². The Morgan fingerprint density at radius 3 is 3.12 bits per heavy atom. The first-order valence-corrected chi connectivity index (χ1v) is 9.18. The summed E-state index contributed by atoms with van der Waals surface area (Å²) in [4.78, 5) is 9.25. The molecule has 5 rings (SSSR count). The average molecular weight is 345 g/mol. The number of nitrogens with one attached hydrogen (secondary N) is 1. The molecule has 2 bridgehead atoms. The molecule has 1 N–H and O–H groups in total. The number of rotatable bonds is 2. The van der Waals surface area contributed by atoms with Gasteiger partial charge in [0, 0.05) is 6.42 Å². The number of quaternary nitrogens is 1. The van der Waals surface area contributed by atoms with Crippen LogP contribution in [0, 0.1) is 5.92 Å². The number of thiazole rings is 1. The van der Waals surface area contributed by atoms with E-state index in [1.807, 2.05) is 18.2 Å². The molecular formula is C17H21N4O2S+. The van der Waals surface area contributed by atoms with Gasteiger partial charge in [-0.2, -0.15) is 0 Å². The summed E-state index contributed by atoms with van der Waals surface area (Å²) in [6.45, 7) is 4.35. The molecule has 0 aliphatic carbocycles. The molecule has 1 aromatic heterocycles. The van der Waals surface area contributed by atoms with Crippen LogP contribution in [0.2, 0.25) is 0 Å². The van der Waals surface area contributed by atoms with Crippen molar-refractivity contribution < 1.29 is 14.0 Å². The highest BCUT2D eigenvalue weighted by Crippen LogP contribution is 2.45. The first-order valence-electron chi connectivity index (χ1n) is 8.36. The fourth-order valence-corrected chi connectivity index (χ4v) is 5.41. The van der Waals surface area contributed by atoms with Gasteiger partial charge in [-0.25, -0.2) is 9.98 Å². The Morgan fingerprint density at radius 2 is 2.38 bits per heavy atom. The summed E-state index contributed by atoms with van der Waals surface area (Å²) in [6, 6.07) is 6.54. The standard InChI is InChI=1S/C17H21N4O2S/c1-21-6-5-11(8-21)17(10-21)9-18-15(23-17)20-16-19-13-4-3-12(22-2)7-14(13)24-16/h3-4,7,11H,5-6,8-10H2,1-2H3,(H,18,19,20)/q+1/t11-,17-,21-/m0/s1. The van der Waals surface area contributed by atoms with Gasteiger partial charge in [0.2, 0.25) is 0 Å². The van der Waals surface area contributed by atoms with Gasteiger partial charge in [0.15, 0.2) is 10.7 Å². The van der Waals surface area contributed by atoms with Crippen LogP contribution in [0.4, 0.5) is 5.13 Å². The molecule has 2 saturated heterocycles. The summed E-state index contributed by atoms with van der Waals surface area (Å²) < 4.78 is 13.8. The van der Waals surface area contributed by atoms with Crippen LogP contribution in [0.5, 0.6) is 5.75 Å². The number of hydrogen-bond donors (Lipinski definition) is 1. The number of amidine groups is 1. The molecule has 2 aromatic rings. The number of methoxy groups -OCH3 is 1. The number of piperidine rings is 1. The summed E-state index contributed by atoms with van der Waals surface area (Å²) in [7, 11) is 4.01. The maximum atomic E-state index is 6.32. The van der Waals surface area contributed by atoms with Crippen molar-refractivity contribution in [2.45, 2.75) is 12.0 Å². The zero-order chi connectivity index (χ0) is 16.4. The lowest BCUT2D eigenvalue weighted by Gasteiger charge is -2.34. The number of likely N-dealkylation sites (N-methyl/N-ethyl adjacent to an activating group) is 1. The van der Waals surface area contributed by atoms with Gasteiger partial charge in [-0.1, -0.05) is 11.3 Å². The molecule has 1 spiro atoms. The van der Waals surface area contributed by atoms with E-state index in [0.717, 1.165) is 38.7 Å². The Bertz CT molecular complexity index is 850. The van der Waals surface area contributed by atoms with Crippen molar-refractivity contribution in [3.05, 3.63) is 18.2 Å². The predicted octanol–water partition coefficient (Wildman–Crippen LogP) is 2.32. The third kappa shape index (κ3) is 2.11. The third-order valence-electron chi connectivity index (χ3n) is 5.67. The van der Waals surface area contributed by atoms with Gasteiger partial charge in [0.25, 0.3) is 6.02 Å². The molecule has 24 heavy (non-hydrogen) atoms. The van der Waals surface area contributed by atoms with Crippen molar-refractivity contribution in [1.82, 2.24) is 4.98 Å². The number of benzene rings is 1. The quantitative estimate of drug-likeness (QED) is 0.849. The maximum Gasteiger partial charge on any atom is 0.292 e. The zero-order valence-electron chi connectivity index (χ0n) is 13.9. The molecule has 7 heteroatoms. The van der Waals surface area contributed by atoms with E-state index in [4.69, 9.17) is 9.47 Å². The minimum atomic E-state index is -0.0881. The molecule has 3 aliphatic heterocycles. The monoisotopic (exact) mass is 345 g/mol. The number of anilines is 1. The van der Waals surface area contributed by atoms with Crippen molar-refractivity contribution in [2.75, 3.05) is 45.7 Å². The Morgan fingerprint density at radius 1 is 1.46 bits per heavy atom. The number of aliphatic imine (C=N–C) groups is 1. The van der Waals surface area contributed by atoms with Gasteiger partial charge in [-0.15, -0.1) is 0 Å². The number of aromatic nitrogens is 1. The molecule has 6 nitrogen and oxygen atoms in total. The van der Waals surface area contributed by atoms with E-state index in [1.54, 1.807) is 18.4 Å². The van der Waals surface area contributed by atoms with Crippen LogP contribution < -0.4 is 10.1 Å². The SMILES string of the molecule is COc1ccc2nc(NC3=NC[C@@]4(C[N@@+]5(C)CC[C@H]4C5)O3)sc2c1. The number of fused-ring (bicyclic) bond motifs is 4. The van der Waals surface area contributed by atoms with Crippen LogP contribution in [0.3, 0.4) is 0 Å². The lowest BCUT2D eigenvalue weighted by Crippen LogP contribution is -2.51. The van der Waals surface area contributed by atoms with E-state index in [-0.39, 0.29) is 5.60 Å². The highest BCUT2D eigenvalue weighted by atomic mass is 32.1. The van der Waals surface area contributed by atoms with E-state index >= 15 is 0 Å². The summed E-state index contributed by atoms with van der Waals surface area (Å²) in [5.74, 6) is 1.48. The summed E-state index contributed by atoms with van der Waals surface area (Å²) in [5.41, 5.74) is 0.871. The van der Waals surface area contributed by atoms with Crippen LogP contribution >= 0.6 is 11.3 Å². The molecule has 0 radical (unpaired) electrons. The second-order valence-electron chi connectivity index (χ2n) is 7.44. The Labute approximate surface area is 144 Å². The minimum Gasteiger partial charge on any atom is -0.497 e. The molecule has 0 amide bonds. The molecule has 1 aromatic carbocycles. The van der Waals surface area contributed by atoms with Crippen molar-refractivity contribution in [3.8, 4) is 5.75 Å². The smallest absolute Gasteiger partial charge is 0.292 e. The van der Waals surface area contributed by atoms with E-state index in [0.29, 0.717) is 11.9 Å². The van der Waals surface area contributed by atoms with E-state index in [2.05, 4.69) is 22.3 Å². The zero-order valence-corrected chi connectivity index (χ0v) is 14.7. The molecule has 4 heterocycles. The van der Waals surface area contributed by atoms with Gasteiger partial charge in [0.1, 0.15) is 12.3 Å². The Hall–Kier alpha value is -1.86. The molecule has 2 fully saturated rings. The molecule has 3 atom stereocenters. The highest BCUT2D eigenvalue weighted by molar-refractivity contribution is 7.22. The summed E-state index contributed by atoms with van der Waals surface area (Å²) in [5, 5.41) is 4.10. The van der Waals surface area contributed by atoms with Gasteiger partial charge in [0.05, 0.1) is 49.9 Å². The predicted molar refractivity (Wildman–Crippen MR) is 94.8 cm³/mol. The van der Waals surface area contributed by atoms with Crippen LogP contribution in [0.25, 0.3) is 10.2 Å². The van der Waals surface area contributed by atoms with Crippen molar-refractivity contribution in [3.63, 3.8) is 0 Å². The molecule has 3 aliphatic rings. The van der Waals surface area contributed by atoms with E-state index in [1.165, 1.54) is 19.5 Å². The molecular weight excluding hydrogens is 324 g/mol. The van der Waals surface area contributed by atoms with Crippen LogP contribution in [-0.4, -0.2) is 61.4 Å². The van der Waals surface area contributed by atoms with Crippen LogP contribution in [-0.2, 0) is 4.74 Å². The van der Waals surface area contributed by atoms with Crippen LogP contribution in [0.1, 0.15) is 6.42 Å². The summed E-state index contributed by atoms with van der Waals surface area (Å²) in [6.07, 6.45) is 1.25. The van der Waals surface area contributed by atoms with Gasteiger partial charge >= 0.3 is 0 Å². The fraction of sp³-hybridized carbons (Fsp3) is 0.529. The second-order valence-corrected chi connectivity index (χ2v) is 8.47.